The van der Waals surface area contributed by atoms with E-state index in [9.17, 15) is 4.79 Å². The fourth-order valence-corrected chi connectivity index (χ4v) is 2.64. The number of benzene rings is 1. The number of anilines is 1. The number of aliphatic carboxylic acids is 1. The van der Waals surface area contributed by atoms with Crippen LogP contribution in [0.4, 0.5) is 5.69 Å². The van der Waals surface area contributed by atoms with Crippen molar-refractivity contribution in [1.82, 2.24) is 5.32 Å². The number of halogens is 1. The van der Waals surface area contributed by atoms with Gasteiger partial charge in [0.05, 0.1) is 6.42 Å². The van der Waals surface area contributed by atoms with Crippen molar-refractivity contribution in [2.24, 2.45) is 0 Å². The Hall–Kier alpha value is -1.07. The Morgan fingerprint density at radius 1 is 1.56 bits per heavy atom. The minimum absolute atomic E-state index is 0.0176. The molecular formula is C13H17BrN2O2. The van der Waals surface area contributed by atoms with Crippen molar-refractivity contribution >= 4 is 27.6 Å². The largest absolute Gasteiger partial charge is 0.481 e. The molecule has 0 aliphatic carbocycles. The maximum Gasteiger partial charge on any atom is 0.304 e. The van der Waals surface area contributed by atoms with Crippen molar-refractivity contribution in [3.63, 3.8) is 0 Å². The smallest absolute Gasteiger partial charge is 0.304 e. The van der Waals surface area contributed by atoms with Crippen LogP contribution in [0.3, 0.4) is 0 Å². The molecule has 2 N–H and O–H groups in total. The topological polar surface area (TPSA) is 52.6 Å². The zero-order valence-electron chi connectivity index (χ0n) is 10.1. The Balaban J connectivity index is 2.09. The Kier molecular flexibility index (Phi) is 4.60. The SMILES string of the molecule is O=C(O)CC1CN(c2cccc(Br)c2)CCCN1. The Bertz CT molecular complexity index is 425. The lowest BCUT2D eigenvalue weighted by molar-refractivity contribution is -0.137. The predicted octanol–water partition coefficient (Wildman–Crippen LogP) is 2.09. The zero-order chi connectivity index (χ0) is 13.0. The predicted molar refractivity (Wildman–Crippen MR) is 75.0 cm³/mol. The van der Waals surface area contributed by atoms with Crippen LogP contribution in [0.5, 0.6) is 0 Å². The summed E-state index contributed by atoms with van der Waals surface area (Å²) in [5, 5.41) is 12.2. The summed E-state index contributed by atoms with van der Waals surface area (Å²) in [4.78, 5) is 13.1. The highest BCUT2D eigenvalue weighted by molar-refractivity contribution is 9.10. The summed E-state index contributed by atoms with van der Waals surface area (Å²) >= 11 is 3.47. The van der Waals surface area contributed by atoms with Crippen molar-refractivity contribution in [1.29, 1.82) is 0 Å². The van der Waals surface area contributed by atoms with Gasteiger partial charge in [-0.3, -0.25) is 4.79 Å². The molecule has 1 fully saturated rings. The highest BCUT2D eigenvalue weighted by Crippen LogP contribution is 2.21. The highest BCUT2D eigenvalue weighted by Gasteiger charge is 2.20. The second-order valence-corrected chi connectivity index (χ2v) is 5.44. The maximum atomic E-state index is 10.8. The molecule has 0 amide bonds. The molecule has 18 heavy (non-hydrogen) atoms. The van der Waals surface area contributed by atoms with Crippen LogP contribution in [-0.2, 0) is 4.79 Å². The average molecular weight is 313 g/mol. The summed E-state index contributed by atoms with van der Waals surface area (Å²) in [6, 6.07) is 8.15. The van der Waals surface area contributed by atoms with Gasteiger partial charge in [-0.25, -0.2) is 0 Å². The molecule has 4 nitrogen and oxygen atoms in total. The second-order valence-electron chi connectivity index (χ2n) is 4.53. The summed E-state index contributed by atoms with van der Waals surface area (Å²) in [5.74, 6) is -0.747. The molecule has 1 aliphatic rings. The molecule has 1 heterocycles. The summed E-state index contributed by atoms with van der Waals surface area (Å²) in [6.45, 7) is 2.57. The molecule has 1 atom stereocenters. The number of hydrogen-bond donors (Lipinski definition) is 2. The minimum Gasteiger partial charge on any atom is -0.481 e. The Morgan fingerprint density at radius 2 is 2.39 bits per heavy atom. The van der Waals surface area contributed by atoms with Crippen molar-refractivity contribution in [2.45, 2.75) is 18.9 Å². The molecule has 98 valence electrons. The van der Waals surface area contributed by atoms with Crippen LogP contribution in [0, 0.1) is 0 Å². The first kappa shape index (κ1) is 13.4. The van der Waals surface area contributed by atoms with E-state index in [1.807, 2.05) is 12.1 Å². The summed E-state index contributed by atoms with van der Waals surface area (Å²) in [7, 11) is 0. The average Bonchev–Trinajstić information content (AvgIpc) is 2.54. The molecule has 0 saturated carbocycles. The molecular weight excluding hydrogens is 296 g/mol. The quantitative estimate of drug-likeness (QED) is 0.897. The van der Waals surface area contributed by atoms with Gasteiger partial charge in [0.1, 0.15) is 0 Å². The van der Waals surface area contributed by atoms with Crippen molar-refractivity contribution in [2.75, 3.05) is 24.5 Å². The number of carboxylic acids is 1. The van der Waals surface area contributed by atoms with Crippen LogP contribution in [0.25, 0.3) is 0 Å². The van der Waals surface area contributed by atoms with Crippen LogP contribution >= 0.6 is 15.9 Å². The molecule has 2 rings (SSSR count). The van der Waals surface area contributed by atoms with Crippen LogP contribution in [0.15, 0.2) is 28.7 Å². The first-order valence-corrected chi connectivity index (χ1v) is 6.90. The fourth-order valence-electron chi connectivity index (χ4n) is 2.25. The van der Waals surface area contributed by atoms with Crippen LogP contribution in [0.2, 0.25) is 0 Å². The van der Waals surface area contributed by atoms with Gasteiger partial charge in [0.25, 0.3) is 0 Å². The maximum absolute atomic E-state index is 10.8. The van der Waals surface area contributed by atoms with Gasteiger partial charge in [-0.05, 0) is 31.2 Å². The number of carbonyl (C=O) groups is 1. The lowest BCUT2D eigenvalue weighted by Gasteiger charge is -2.26. The van der Waals surface area contributed by atoms with Crippen LogP contribution < -0.4 is 10.2 Å². The van der Waals surface area contributed by atoms with E-state index in [4.69, 9.17) is 5.11 Å². The van der Waals surface area contributed by atoms with Gasteiger partial charge in [-0.15, -0.1) is 0 Å². The molecule has 1 aromatic carbocycles. The van der Waals surface area contributed by atoms with Gasteiger partial charge in [0, 0.05) is 29.3 Å². The van der Waals surface area contributed by atoms with Crippen LogP contribution in [-0.4, -0.2) is 36.8 Å². The number of carboxylic acid groups (broad SMARTS) is 1. The molecule has 0 spiro atoms. The van der Waals surface area contributed by atoms with Gasteiger partial charge >= 0.3 is 5.97 Å². The molecule has 1 aromatic rings. The highest BCUT2D eigenvalue weighted by atomic mass is 79.9. The molecule has 0 aromatic heterocycles. The molecule has 1 unspecified atom stereocenters. The minimum atomic E-state index is -0.747. The monoisotopic (exact) mass is 312 g/mol. The van der Waals surface area contributed by atoms with E-state index in [0.717, 1.165) is 36.2 Å². The van der Waals surface area contributed by atoms with E-state index in [1.54, 1.807) is 0 Å². The van der Waals surface area contributed by atoms with E-state index < -0.39 is 5.97 Å². The number of rotatable bonds is 3. The number of nitrogens with zero attached hydrogens (tertiary/aromatic N) is 1. The first-order chi connectivity index (χ1) is 8.65. The Labute approximate surface area is 115 Å². The molecule has 0 bridgehead atoms. The normalized spacial score (nSPS) is 20.5. The van der Waals surface area contributed by atoms with E-state index in [-0.39, 0.29) is 12.5 Å². The van der Waals surface area contributed by atoms with Gasteiger partial charge in [-0.2, -0.15) is 0 Å². The molecule has 1 saturated heterocycles. The summed E-state index contributed by atoms with van der Waals surface area (Å²) < 4.78 is 1.05. The third kappa shape index (κ3) is 3.71. The van der Waals surface area contributed by atoms with E-state index in [1.165, 1.54) is 0 Å². The van der Waals surface area contributed by atoms with Gasteiger partial charge in [-0.1, -0.05) is 22.0 Å². The van der Waals surface area contributed by atoms with E-state index in [0.29, 0.717) is 0 Å². The molecule has 0 radical (unpaired) electrons. The van der Waals surface area contributed by atoms with Crippen molar-refractivity contribution < 1.29 is 9.90 Å². The summed E-state index contributed by atoms with van der Waals surface area (Å²) in [5.41, 5.74) is 1.14. The van der Waals surface area contributed by atoms with Gasteiger partial charge in [0.15, 0.2) is 0 Å². The van der Waals surface area contributed by atoms with Crippen molar-refractivity contribution in [3.8, 4) is 0 Å². The standard InChI is InChI=1S/C13H17BrN2O2/c14-10-3-1-4-12(7-10)16-6-2-5-15-11(9-16)8-13(17)18/h1,3-4,7,11,15H,2,5-6,8-9H2,(H,17,18). The second kappa shape index (κ2) is 6.20. The summed E-state index contributed by atoms with van der Waals surface area (Å²) in [6.07, 6.45) is 1.20. The third-order valence-electron chi connectivity index (χ3n) is 3.07. The molecule has 1 aliphatic heterocycles. The van der Waals surface area contributed by atoms with Gasteiger partial charge < -0.3 is 15.3 Å². The lowest BCUT2D eigenvalue weighted by atomic mass is 10.2. The van der Waals surface area contributed by atoms with E-state index in [2.05, 4.69) is 38.3 Å². The Morgan fingerprint density at radius 3 is 3.11 bits per heavy atom. The third-order valence-corrected chi connectivity index (χ3v) is 3.57. The first-order valence-electron chi connectivity index (χ1n) is 6.11. The zero-order valence-corrected chi connectivity index (χ0v) is 11.7. The number of hydrogen-bond acceptors (Lipinski definition) is 3. The van der Waals surface area contributed by atoms with E-state index >= 15 is 0 Å². The fraction of sp³-hybridized carbons (Fsp3) is 0.462. The van der Waals surface area contributed by atoms with Gasteiger partial charge in [0.2, 0.25) is 0 Å². The lowest BCUT2D eigenvalue weighted by Crippen LogP contribution is -2.39. The number of nitrogens with one attached hydrogen (secondary N) is 1. The van der Waals surface area contributed by atoms with Crippen molar-refractivity contribution in [3.05, 3.63) is 28.7 Å². The van der Waals surface area contributed by atoms with Crippen LogP contribution in [0.1, 0.15) is 12.8 Å². The molecule has 5 heteroatoms.